The minimum atomic E-state index is 0.776. The number of rotatable bonds is 10. The lowest BCUT2D eigenvalue weighted by Crippen LogP contribution is -2.13. The van der Waals surface area contributed by atoms with Crippen molar-refractivity contribution in [3.63, 3.8) is 0 Å². The second-order valence-electron chi connectivity index (χ2n) is 15.5. The molecule has 6 heteroatoms. The van der Waals surface area contributed by atoms with Crippen LogP contribution in [0.1, 0.15) is 0 Å². The fraction of sp³-hybridized carbons (Fsp3) is 0. The van der Waals surface area contributed by atoms with Crippen molar-refractivity contribution < 1.29 is 0 Å². The van der Waals surface area contributed by atoms with Crippen LogP contribution in [0.5, 0.6) is 0 Å². The first-order valence-corrected chi connectivity index (χ1v) is 21.4. The third-order valence-corrected chi connectivity index (χ3v) is 11.6. The van der Waals surface area contributed by atoms with Gasteiger partial charge in [0.15, 0.2) is 0 Å². The van der Waals surface area contributed by atoms with E-state index in [9.17, 15) is 0 Å². The summed E-state index contributed by atoms with van der Waals surface area (Å²) in [6, 6.07) is 76.6. The smallest absolute Gasteiger partial charge is 0.138 e. The summed E-state index contributed by atoms with van der Waals surface area (Å²) in [5.74, 6) is 3.11. The van der Waals surface area contributed by atoms with Gasteiger partial charge in [-0.15, -0.1) is 0 Å². The monoisotopic (exact) mass is 820 g/mol. The quantitative estimate of drug-likeness (QED) is 0.128. The Bertz CT molecular complexity index is 3060. The van der Waals surface area contributed by atoms with Crippen molar-refractivity contribution >= 4 is 56.2 Å². The first-order valence-electron chi connectivity index (χ1n) is 21.4. The van der Waals surface area contributed by atoms with Crippen molar-refractivity contribution in [3.05, 3.63) is 243 Å². The minimum absolute atomic E-state index is 0.776. The van der Waals surface area contributed by atoms with E-state index in [4.69, 9.17) is 19.9 Å². The maximum Gasteiger partial charge on any atom is 0.138 e. The first-order chi connectivity index (χ1) is 31.8. The van der Waals surface area contributed by atoms with Gasteiger partial charge in [0.2, 0.25) is 0 Å². The van der Waals surface area contributed by atoms with Crippen LogP contribution in [0, 0.1) is 0 Å². The molecule has 6 nitrogen and oxygen atoms in total. The van der Waals surface area contributed by atoms with Crippen molar-refractivity contribution in [2.24, 2.45) is 0 Å². The van der Waals surface area contributed by atoms with E-state index in [1.54, 1.807) is 0 Å². The van der Waals surface area contributed by atoms with Crippen molar-refractivity contribution in [1.29, 1.82) is 0 Å². The Morgan fingerprint density at radius 2 is 0.562 bits per heavy atom. The van der Waals surface area contributed by atoms with Crippen molar-refractivity contribution in [2.45, 2.75) is 0 Å². The van der Waals surface area contributed by atoms with Crippen molar-refractivity contribution in [2.75, 3.05) is 9.80 Å². The normalized spacial score (nSPS) is 11.1. The van der Waals surface area contributed by atoms with Crippen LogP contribution >= 0.6 is 0 Å². The molecule has 0 spiro atoms. The Morgan fingerprint density at radius 1 is 0.234 bits per heavy atom. The molecule has 0 saturated carbocycles. The fourth-order valence-corrected chi connectivity index (χ4v) is 8.78. The van der Waals surface area contributed by atoms with Gasteiger partial charge in [-0.05, 0) is 151 Å². The molecule has 4 heterocycles. The number of anilines is 6. The molecule has 0 amide bonds. The summed E-state index contributed by atoms with van der Waals surface area (Å²) in [7, 11) is 0. The number of aromatic nitrogens is 4. The van der Waals surface area contributed by atoms with Crippen LogP contribution in [-0.2, 0) is 0 Å². The number of hydrogen-bond acceptors (Lipinski definition) is 6. The molecule has 0 N–H and O–H groups in total. The molecule has 7 aromatic carbocycles. The average molecular weight is 821 g/mol. The molecule has 64 heavy (non-hydrogen) atoms. The second kappa shape index (κ2) is 17.0. The van der Waals surface area contributed by atoms with Crippen molar-refractivity contribution in [3.8, 4) is 44.5 Å². The van der Waals surface area contributed by atoms with E-state index in [1.165, 1.54) is 0 Å². The van der Waals surface area contributed by atoms with E-state index in [1.807, 2.05) is 97.6 Å². The number of pyridine rings is 4. The molecule has 11 aromatic rings. The zero-order valence-corrected chi connectivity index (χ0v) is 34.8. The van der Waals surface area contributed by atoms with Gasteiger partial charge >= 0.3 is 0 Å². The lowest BCUT2D eigenvalue weighted by Gasteiger charge is -2.26. The van der Waals surface area contributed by atoms with Gasteiger partial charge in [-0.1, -0.05) is 133 Å². The Labute approximate surface area is 372 Å². The van der Waals surface area contributed by atoms with E-state index in [0.29, 0.717) is 0 Å². The highest BCUT2D eigenvalue weighted by Gasteiger charge is 2.23. The molecule has 0 fully saturated rings. The van der Waals surface area contributed by atoms with E-state index in [0.717, 1.165) is 101 Å². The SMILES string of the molecule is c1ccc(-c2cccc(-c3c4ccc(N(c5ccccn5)c5ccccn5)cc4c(-c4cccc(-c5ccccc5)c4)c4ccc(N(c5ccccn5)c5ccccn5)cc34)c2)cc1. The summed E-state index contributed by atoms with van der Waals surface area (Å²) in [5, 5.41) is 4.43. The molecule has 0 saturated heterocycles. The molecule has 0 aliphatic heterocycles. The molecular formula is C58H40N6. The highest BCUT2D eigenvalue weighted by molar-refractivity contribution is 6.23. The molecule has 0 bridgehead atoms. The molecule has 0 radical (unpaired) electrons. The first kappa shape index (κ1) is 38.2. The van der Waals surface area contributed by atoms with E-state index in [2.05, 4.69) is 155 Å². The van der Waals surface area contributed by atoms with Gasteiger partial charge in [0.25, 0.3) is 0 Å². The number of hydrogen-bond donors (Lipinski definition) is 0. The van der Waals surface area contributed by atoms with E-state index < -0.39 is 0 Å². The third kappa shape index (κ3) is 7.29. The van der Waals surface area contributed by atoms with Gasteiger partial charge in [0.05, 0.1) is 0 Å². The number of benzene rings is 7. The molecule has 302 valence electrons. The Morgan fingerprint density at radius 3 is 0.906 bits per heavy atom. The van der Waals surface area contributed by atoms with Crippen molar-refractivity contribution in [1.82, 2.24) is 19.9 Å². The zero-order valence-electron chi connectivity index (χ0n) is 34.8. The third-order valence-electron chi connectivity index (χ3n) is 11.6. The zero-order chi connectivity index (χ0) is 42.7. The standard InChI is InChI=1S/C58H40N6/c1-3-17-41(18-4-1)43-21-15-23-45(37-43)57-49-31-29-48(64(55-27-9-13-35-61-55)56-28-10-14-36-62-56)40-52(49)58(46-24-16-22-44(38-46)42-19-5-2-6-20-42)50-32-30-47(39-51(50)57)63(53-25-7-11-33-59-53)54-26-8-12-34-60-54/h1-40H. The van der Waals surface area contributed by atoms with Gasteiger partial charge < -0.3 is 0 Å². The maximum absolute atomic E-state index is 4.84. The largest absolute Gasteiger partial charge is 0.279 e. The van der Waals surface area contributed by atoms with Gasteiger partial charge in [-0.2, -0.15) is 0 Å². The van der Waals surface area contributed by atoms with Crippen LogP contribution in [0.15, 0.2) is 243 Å². The predicted molar refractivity (Wildman–Crippen MR) is 264 cm³/mol. The van der Waals surface area contributed by atoms with E-state index in [-0.39, 0.29) is 0 Å². The van der Waals surface area contributed by atoms with Crippen LogP contribution in [0.3, 0.4) is 0 Å². The van der Waals surface area contributed by atoms with Crippen LogP contribution in [0.2, 0.25) is 0 Å². The average Bonchev–Trinajstić information content (AvgIpc) is 3.38. The van der Waals surface area contributed by atoms with Crippen LogP contribution in [0.25, 0.3) is 66.1 Å². The van der Waals surface area contributed by atoms with Gasteiger partial charge in [0.1, 0.15) is 23.3 Å². The predicted octanol–water partition coefficient (Wildman–Crippen LogP) is 15.2. The van der Waals surface area contributed by atoms with Gasteiger partial charge in [0, 0.05) is 36.2 Å². The second-order valence-corrected chi connectivity index (χ2v) is 15.5. The summed E-state index contributed by atoms with van der Waals surface area (Å²) in [5.41, 5.74) is 11.0. The summed E-state index contributed by atoms with van der Waals surface area (Å²) < 4.78 is 0. The highest BCUT2D eigenvalue weighted by Crippen LogP contribution is 2.48. The Hall–Kier alpha value is -8.74. The summed E-state index contributed by atoms with van der Waals surface area (Å²) in [4.78, 5) is 23.6. The minimum Gasteiger partial charge on any atom is -0.279 e. The number of nitrogens with zero attached hydrogens (tertiary/aromatic N) is 6. The molecule has 0 atom stereocenters. The molecule has 0 unspecified atom stereocenters. The summed E-state index contributed by atoms with van der Waals surface area (Å²) in [6.07, 6.45) is 7.31. The molecule has 0 aliphatic rings. The lowest BCUT2D eigenvalue weighted by atomic mass is 9.84. The Kier molecular flexibility index (Phi) is 10.1. The van der Waals surface area contributed by atoms with Crippen LogP contribution in [-0.4, -0.2) is 19.9 Å². The fourth-order valence-electron chi connectivity index (χ4n) is 8.78. The van der Waals surface area contributed by atoms with Crippen LogP contribution in [0.4, 0.5) is 34.6 Å². The Balaban J connectivity index is 1.25. The molecule has 4 aromatic heterocycles. The molecule has 0 aliphatic carbocycles. The summed E-state index contributed by atoms with van der Waals surface area (Å²) in [6.45, 7) is 0. The van der Waals surface area contributed by atoms with Gasteiger partial charge in [-0.3, -0.25) is 9.80 Å². The molecular weight excluding hydrogens is 781 g/mol. The van der Waals surface area contributed by atoms with Crippen LogP contribution < -0.4 is 9.80 Å². The highest BCUT2D eigenvalue weighted by atomic mass is 15.2. The number of fused-ring (bicyclic) bond motifs is 2. The van der Waals surface area contributed by atoms with Gasteiger partial charge in [-0.25, -0.2) is 19.9 Å². The summed E-state index contributed by atoms with van der Waals surface area (Å²) >= 11 is 0. The molecule has 11 rings (SSSR count). The topological polar surface area (TPSA) is 58.0 Å². The van der Waals surface area contributed by atoms with E-state index >= 15 is 0 Å². The lowest BCUT2D eigenvalue weighted by molar-refractivity contribution is 1.13. The maximum atomic E-state index is 4.84.